The van der Waals surface area contributed by atoms with Crippen molar-refractivity contribution in [3.63, 3.8) is 0 Å². The molecule has 2 aliphatic rings. The van der Waals surface area contributed by atoms with E-state index in [4.69, 9.17) is 28.3 Å². The number of nitrogens with one attached hydrogen (secondary N) is 2. The van der Waals surface area contributed by atoms with Gasteiger partial charge in [0.15, 0.2) is 0 Å². The summed E-state index contributed by atoms with van der Waals surface area (Å²) in [6.07, 6.45) is 6.12. The highest BCUT2D eigenvalue weighted by Crippen LogP contribution is 2.40. The lowest BCUT2D eigenvalue weighted by molar-refractivity contribution is -0.0286. The molecule has 2 heterocycles. The molecule has 0 radical (unpaired) electrons. The van der Waals surface area contributed by atoms with Gasteiger partial charge in [-0.05, 0) is 63.6 Å². The number of rotatable bonds is 16. The maximum Gasteiger partial charge on any atom is 0.407 e. The fourth-order valence-electron chi connectivity index (χ4n) is 6.22. The number of carbonyl (C=O) groups excluding carboxylic acids is 1. The number of ether oxygens (including phenoxy) is 4. The molecule has 0 aliphatic heterocycles. The van der Waals surface area contributed by atoms with Crippen LogP contribution in [0.2, 0.25) is 0 Å². The normalized spacial score (nSPS) is 21.2. The first-order valence-corrected chi connectivity index (χ1v) is 17.5. The predicted molar refractivity (Wildman–Crippen MR) is 175 cm³/mol. The Hall–Kier alpha value is -3.34. The number of nitrogens with zero attached hydrogens (tertiary/aromatic N) is 3. The van der Waals surface area contributed by atoms with Gasteiger partial charge in [0.2, 0.25) is 0 Å². The average Bonchev–Trinajstić information content (AvgIpc) is 3.73. The number of aromatic nitrogens is 3. The molecule has 258 valence electrons. The first-order valence-electron chi connectivity index (χ1n) is 16.0. The number of carbonyl (C=O) groups is 1. The van der Waals surface area contributed by atoms with Crippen molar-refractivity contribution >= 4 is 33.2 Å². The van der Waals surface area contributed by atoms with E-state index in [-0.39, 0.29) is 30.7 Å². The Morgan fingerprint density at radius 3 is 2.60 bits per heavy atom. The van der Waals surface area contributed by atoms with E-state index in [1.165, 1.54) is 11.1 Å². The van der Waals surface area contributed by atoms with Gasteiger partial charge in [-0.2, -0.15) is 8.42 Å². The summed E-state index contributed by atoms with van der Waals surface area (Å²) in [5.74, 6) is 0.585. The Morgan fingerprint density at radius 2 is 1.81 bits per heavy atom. The lowest BCUT2D eigenvalue weighted by Gasteiger charge is -2.19. The van der Waals surface area contributed by atoms with Crippen molar-refractivity contribution in [2.45, 2.75) is 70.2 Å². The van der Waals surface area contributed by atoms with Gasteiger partial charge in [-0.25, -0.2) is 19.9 Å². The van der Waals surface area contributed by atoms with Gasteiger partial charge in [-0.3, -0.25) is 4.18 Å². The first-order chi connectivity index (χ1) is 22.5. The molecule has 0 spiro atoms. The van der Waals surface area contributed by atoms with Crippen molar-refractivity contribution in [3.8, 4) is 0 Å². The number of nitrogens with two attached hydrogens (primary N) is 1. The molecule has 14 nitrogen and oxygen atoms in total. The van der Waals surface area contributed by atoms with Crippen molar-refractivity contribution < 1.29 is 36.3 Å². The molecule has 0 unspecified atom stereocenters. The first kappa shape index (κ1) is 35.0. The molecule has 2 aromatic heterocycles. The molecule has 1 saturated carbocycles. The van der Waals surface area contributed by atoms with Crippen LogP contribution >= 0.6 is 0 Å². The molecule has 1 fully saturated rings. The Balaban J connectivity index is 1.11. The Labute approximate surface area is 275 Å². The molecule has 0 bridgehead atoms. The number of aryl methyl sites for hydroxylation is 1. The Kier molecular flexibility index (Phi) is 11.7. The van der Waals surface area contributed by atoms with Crippen LogP contribution in [0, 0.1) is 5.92 Å². The minimum Gasteiger partial charge on any atom is -0.444 e. The lowest BCUT2D eigenvalue weighted by Crippen LogP contribution is -2.34. The summed E-state index contributed by atoms with van der Waals surface area (Å²) in [5.41, 5.74) is 2.92. The maximum atomic E-state index is 11.7. The number of anilines is 1. The number of fused-ring (bicyclic) bond motifs is 2. The molecule has 4 atom stereocenters. The topological polar surface area (TPSA) is 178 Å². The van der Waals surface area contributed by atoms with Crippen molar-refractivity contribution in [2.75, 3.05) is 51.5 Å². The SMILES string of the molecule is CC(C)(C)OC(=O)NCCOCCOCCO[C@H]1C[C@H](n2ccc3c(N[C@H]4CCc5ccccc54)ncnc32)C[C@H]1COS(N)(=O)=O. The van der Waals surface area contributed by atoms with Gasteiger partial charge in [0.25, 0.3) is 0 Å². The fourth-order valence-corrected chi connectivity index (χ4v) is 6.58. The van der Waals surface area contributed by atoms with Gasteiger partial charge in [-0.15, -0.1) is 0 Å². The number of hydrogen-bond donors (Lipinski definition) is 3. The molecule has 1 amide bonds. The molecule has 0 saturated heterocycles. The van der Waals surface area contributed by atoms with Crippen LogP contribution in [0.5, 0.6) is 0 Å². The Morgan fingerprint density at radius 1 is 1.04 bits per heavy atom. The van der Waals surface area contributed by atoms with Crippen molar-refractivity contribution in [2.24, 2.45) is 11.1 Å². The molecular weight excluding hydrogens is 628 g/mol. The van der Waals surface area contributed by atoms with E-state index in [0.29, 0.717) is 52.4 Å². The molecule has 47 heavy (non-hydrogen) atoms. The van der Waals surface area contributed by atoms with Gasteiger partial charge in [-0.1, -0.05) is 24.3 Å². The van der Waals surface area contributed by atoms with Gasteiger partial charge >= 0.3 is 16.4 Å². The summed E-state index contributed by atoms with van der Waals surface area (Å²) in [7, 11) is -4.09. The van der Waals surface area contributed by atoms with Crippen LogP contribution in [-0.2, 0) is 39.9 Å². The molecule has 2 aliphatic carbocycles. The van der Waals surface area contributed by atoms with Gasteiger partial charge in [0.05, 0.1) is 57.2 Å². The van der Waals surface area contributed by atoms with Crippen LogP contribution in [0.3, 0.4) is 0 Å². The number of benzene rings is 1. The highest BCUT2D eigenvalue weighted by Gasteiger charge is 2.37. The second kappa shape index (κ2) is 15.7. The highest BCUT2D eigenvalue weighted by atomic mass is 32.2. The second-order valence-electron chi connectivity index (χ2n) is 12.8. The van der Waals surface area contributed by atoms with Crippen LogP contribution in [-0.4, -0.2) is 86.9 Å². The van der Waals surface area contributed by atoms with Crippen molar-refractivity contribution in [1.29, 1.82) is 0 Å². The maximum absolute atomic E-state index is 11.7. The zero-order chi connectivity index (χ0) is 33.4. The summed E-state index contributed by atoms with van der Waals surface area (Å²) in [6.45, 7) is 7.37. The molecule has 15 heteroatoms. The molecule has 5 rings (SSSR count). The molecular formula is C32H46N6O8S. The minimum atomic E-state index is -4.09. The minimum absolute atomic E-state index is 0.00476. The van der Waals surface area contributed by atoms with E-state index in [2.05, 4.69) is 49.4 Å². The Bertz CT molecular complexity index is 1590. The van der Waals surface area contributed by atoms with Gasteiger partial charge in [0.1, 0.15) is 23.4 Å². The number of alkyl carbamates (subject to hydrolysis) is 1. The largest absolute Gasteiger partial charge is 0.444 e. The van der Waals surface area contributed by atoms with Crippen LogP contribution in [0.4, 0.5) is 10.6 Å². The fraction of sp³-hybridized carbons (Fsp3) is 0.594. The van der Waals surface area contributed by atoms with E-state index in [1.54, 1.807) is 27.1 Å². The van der Waals surface area contributed by atoms with Crippen LogP contribution in [0.25, 0.3) is 11.0 Å². The predicted octanol–water partition coefficient (Wildman–Crippen LogP) is 3.65. The average molecular weight is 675 g/mol. The van der Waals surface area contributed by atoms with Gasteiger partial charge < -0.3 is 34.1 Å². The van der Waals surface area contributed by atoms with E-state index < -0.39 is 22.0 Å². The molecule has 3 aromatic rings. The van der Waals surface area contributed by atoms with E-state index in [9.17, 15) is 13.2 Å². The zero-order valence-electron chi connectivity index (χ0n) is 27.2. The van der Waals surface area contributed by atoms with Crippen molar-refractivity contribution in [3.05, 3.63) is 54.0 Å². The summed E-state index contributed by atoms with van der Waals surface area (Å²) in [6, 6.07) is 10.7. The van der Waals surface area contributed by atoms with Crippen LogP contribution in [0.15, 0.2) is 42.9 Å². The second-order valence-corrected chi connectivity index (χ2v) is 14.1. The third kappa shape index (κ3) is 10.1. The monoisotopic (exact) mass is 674 g/mol. The number of amides is 1. The lowest BCUT2D eigenvalue weighted by atomic mass is 10.1. The summed E-state index contributed by atoms with van der Waals surface area (Å²) < 4.78 is 52.7. The van der Waals surface area contributed by atoms with Crippen LogP contribution in [0.1, 0.15) is 63.2 Å². The van der Waals surface area contributed by atoms with E-state index in [1.807, 2.05) is 12.3 Å². The number of hydrogen-bond acceptors (Lipinski definition) is 11. The summed E-state index contributed by atoms with van der Waals surface area (Å²) in [4.78, 5) is 20.8. The van der Waals surface area contributed by atoms with E-state index in [0.717, 1.165) is 29.7 Å². The molecule has 4 N–H and O–H groups in total. The smallest absolute Gasteiger partial charge is 0.407 e. The zero-order valence-corrected chi connectivity index (χ0v) is 28.0. The third-order valence-corrected chi connectivity index (χ3v) is 8.71. The van der Waals surface area contributed by atoms with E-state index >= 15 is 0 Å². The standard InChI is InChI=1S/C32H46N6O8S/c1-32(2,3)46-31(39)34-11-13-42-14-15-43-16-17-44-28-19-24(18-23(28)20-45-47(33,40)41)38-12-10-26-29(35-21-36-30(26)38)37-27-9-8-22-6-4-5-7-25(22)27/h4-7,10,12,21,23-24,27-28H,8-9,11,13-20H2,1-3H3,(H,34,39)(H2,33,40,41)(H,35,36,37)/t23-,24+,27-,28-/m0/s1. The summed E-state index contributed by atoms with van der Waals surface area (Å²) in [5, 5.41) is 12.3. The highest BCUT2D eigenvalue weighted by molar-refractivity contribution is 7.84. The third-order valence-electron chi connectivity index (χ3n) is 8.24. The van der Waals surface area contributed by atoms with Crippen molar-refractivity contribution in [1.82, 2.24) is 19.9 Å². The quantitative estimate of drug-likeness (QED) is 0.189. The molecule has 1 aromatic carbocycles. The van der Waals surface area contributed by atoms with Gasteiger partial charge in [0, 0.05) is 24.7 Å². The van der Waals surface area contributed by atoms with Crippen LogP contribution < -0.4 is 15.8 Å². The summed E-state index contributed by atoms with van der Waals surface area (Å²) >= 11 is 0.